The highest BCUT2D eigenvalue weighted by molar-refractivity contribution is 7.12. The number of nitrogens with zero attached hydrogens (tertiary/aromatic N) is 2. The van der Waals surface area contributed by atoms with Gasteiger partial charge < -0.3 is 10.4 Å². The van der Waals surface area contributed by atoms with Gasteiger partial charge in [-0.05, 0) is 13.0 Å². The van der Waals surface area contributed by atoms with Crippen LogP contribution in [-0.2, 0) is 0 Å². The molecule has 2 heterocycles. The van der Waals surface area contributed by atoms with Crippen molar-refractivity contribution in [1.82, 2.24) is 9.97 Å². The predicted molar refractivity (Wildman–Crippen MR) is 66.0 cm³/mol. The summed E-state index contributed by atoms with van der Waals surface area (Å²) in [4.78, 5) is 30.8. The molecule has 0 aliphatic carbocycles. The SMILES string of the molecule is Cc1ncsc1C(=O)Nc1cncc(C(=O)O)c1. The second-order valence-corrected chi connectivity index (χ2v) is 4.34. The first-order valence-electron chi connectivity index (χ1n) is 4.97. The molecule has 0 aliphatic heterocycles. The number of nitrogens with one attached hydrogen (secondary N) is 1. The fourth-order valence-corrected chi connectivity index (χ4v) is 2.03. The van der Waals surface area contributed by atoms with Crippen molar-refractivity contribution in [2.45, 2.75) is 6.92 Å². The van der Waals surface area contributed by atoms with Gasteiger partial charge in [-0.1, -0.05) is 0 Å². The lowest BCUT2D eigenvalue weighted by Crippen LogP contribution is -2.12. The Morgan fingerprint density at radius 2 is 2.17 bits per heavy atom. The third-order valence-electron chi connectivity index (χ3n) is 2.19. The minimum atomic E-state index is -1.09. The number of pyridine rings is 1. The first-order chi connectivity index (χ1) is 8.58. The summed E-state index contributed by atoms with van der Waals surface area (Å²) >= 11 is 1.23. The van der Waals surface area contributed by atoms with Crippen LogP contribution in [-0.4, -0.2) is 27.0 Å². The topological polar surface area (TPSA) is 92.2 Å². The Bertz CT molecular complexity index is 609. The molecule has 2 aromatic rings. The summed E-state index contributed by atoms with van der Waals surface area (Å²) in [5.74, 6) is -1.41. The van der Waals surface area contributed by atoms with E-state index in [1.807, 2.05) is 0 Å². The molecule has 0 fully saturated rings. The number of thiazole rings is 1. The van der Waals surface area contributed by atoms with E-state index in [0.717, 1.165) is 0 Å². The number of aromatic nitrogens is 2. The Labute approximate surface area is 106 Å². The van der Waals surface area contributed by atoms with Gasteiger partial charge in [-0.3, -0.25) is 9.78 Å². The highest BCUT2D eigenvalue weighted by Crippen LogP contribution is 2.15. The average molecular weight is 263 g/mol. The lowest BCUT2D eigenvalue weighted by molar-refractivity contribution is 0.0696. The maximum absolute atomic E-state index is 11.9. The molecule has 2 N–H and O–H groups in total. The summed E-state index contributed by atoms with van der Waals surface area (Å²) in [6, 6.07) is 1.35. The summed E-state index contributed by atoms with van der Waals surface area (Å²) in [5, 5.41) is 11.4. The van der Waals surface area contributed by atoms with Crippen LogP contribution in [0.1, 0.15) is 25.7 Å². The molecule has 0 aliphatic rings. The second-order valence-electron chi connectivity index (χ2n) is 3.49. The Balaban J connectivity index is 2.20. The monoisotopic (exact) mass is 263 g/mol. The van der Waals surface area contributed by atoms with Crippen molar-refractivity contribution in [2.24, 2.45) is 0 Å². The number of amides is 1. The van der Waals surface area contributed by atoms with Gasteiger partial charge in [-0.25, -0.2) is 9.78 Å². The van der Waals surface area contributed by atoms with E-state index in [9.17, 15) is 9.59 Å². The third kappa shape index (κ3) is 2.51. The fourth-order valence-electron chi connectivity index (χ4n) is 1.33. The van der Waals surface area contributed by atoms with Gasteiger partial charge in [0.2, 0.25) is 0 Å². The Morgan fingerprint density at radius 3 is 2.78 bits per heavy atom. The van der Waals surface area contributed by atoms with E-state index >= 15 is 0 Å². The first-order valence-corrected chi connectivity index (χ1v) is 5.85. The molecule has 2 aromatic heterocycles. The zero-order valence-corrected chi connectivity index (χ0v) is 10.2. The predicted octanol–water partition coefficient (Wildman–Crippen LogP) is 1.80. The van der Waals surface area contributed by atoms with Crippen molar-refractivity contribution < 1.29 is 14.7 Å². The number of carbonyl (C=O) groups excluding carboxylic acids is 1. The summed E-state index contributed by atoms with van der Waals surface area (Å²) < 4.78 is 0. The number of carboxylic acids is 1. The number of carbonyl (C=O) groups is 2. The Hall–Kier alpha value is -2.28. The molecule has 0 unspecified atom stereocenters. The highest BCUT2D eigenvalue weighted by Gasteiger charge is 2.13. The maximum Gasteiger partial charge on any atom is 0.337 e. The molecule has 18 heavy (non-hydrogen) atoms. The van der Waals surface area contributed by atoms with Crippen molar-refractivity contribution in [1.29, 1.82) is 0 Å². The van der Waals surface area contributed by atoms with Crippen molar-refractivity contribution in [3.63, 3.8) is 0 Å². The van der Waals surface area contributed by atoms with Crippen LogP contribution in [0, 0.1) is 6.92 Å². The number of anilines is 1. The van der Waals surface area contributed by atoms with Crippen molar-refractivity contribution in [3.05, 3.63) is 40.1 Å². The van der Waals surface area contributed by atoms with Gasteiger partial charge in [0.25, 0.3) is 5.91 Å². The molecule has 0 atom stereocenters. The largest absolute Gasteiger partial charge is 0.478 e. The second kappa shape index (κ2) is 4.92. The number of carboxylic acid groups (broad SMARTS) is 1. The van der Waals surface area contributed by atoms with Crippen LogP contribution in [0.25, 0.3) is 0 Å². The smallest absolute Gasteiger partial charge is 0.337 e. The molecule has 0 bridgehead atoms. The van der Waals surface area contributed by atoms with Gasteiger partial charge >= 0.3 is 5.97 Å². The summed E-state index contributed by atoms with van der Waals surface area (Å²) in [5.41, 5.74) is 2.58. The van der Waals surface area contributed by atoms with Gasteiger partial charge in [0.05, 0.1) is 28.7 Å². The number of hydrogen-bond donors (Lipinski definition) is 2. The van der Waals surface area contributed by atoms with E-state index in [1.165, 1.54) is 29.8 Å². The Kier molecular flexibility index (Phi) is 3.33. The average Bonchev–Trinajstić information content (AvgIpc) is 2.76. The summed E-state index contributed by atoms with van der Waals surface area (Å²) in [7, 11) is 0. The van der Waals surface area contributed by atoms with E-state index in [2.05, 4.69) is 15.3 Å². The first kappa shape index (κ1) is 12.2. The molecular formula is C11H9N3O3S. The summed E-state index contributed by atoms with van der Waals surface area (Å²) in [6.45, 7) is 1.73. The molecule has 0 saturated heterocycles. The molecule has 0 saturated carbocycles. The number of rotatable bonds is 3. The zero-order valence-electron chi connectivity index (χ0n) is 9.38. The highest BCUT2D eigenvalue weighted by atomic mass is 32.1. The quantitative estimate of drug-likeness (QED) is 0.880. The van der Waals surface area contributed by atoms with E-state index in [1.54, 1.807) is 12.4 Å². The third-order valence-corrected chi connectivity index (χ3v) is 3.12. The molecule has 1 amide bonds. The molecule has 2 rings (SSSR count). The minimum absolute atomic E-state index is 0.0221. The van der Waals surface area contributed by atoms with Crippen LogP contribution in [0.5, 0.6) is 0 Å². The number of hydrogen-bond acceptors (Lipinski definition) is 5. The van der Waals surface area contributed by atoms with E-state index in [-0.39, 0.29) is 11.5 Å². The van der Waals surface area contributed by atoms with Crippen LogP contribution < -0.4 is 5.32 Å². The van der Waals surface area contributed by atoms with Crippen LogP contribution >= 0.6 is 11.3 Å². The molecule has 0 radical (unpaired) electrons. The fraction of sp³-hybridized carbons (Fsp3) is 0.0909. The van der Waals surface area contributed by atoms with Gasteiger partial charge in [-0.15, -0.1) is 11.3 Å². The lowest BCUT2D eigenvalue weighted by Gasteiger charge is -2.04. The van der Waals surface area contributed by atoms with E-state index in [0.29, 0.717) is 16.3 Å². The van der Waals surface area contributed by atoms with Crippen LogP contribution in [0.3, 0.4) is 0 Å². The van der Waals surface area contributed by atoms with Crippen molar-refractivity contribution in [3.8, 4) is 0 Å². The Morgan fingerprint density at radius 1 is 1.39 bits per heavy atom. The molecule has 6 nitrogen and oxygen atoms in total. The van der Waals surface area contributed by atoms with Crippen molar-refractivity contribution >= 4 is 28.9 Å². The van der Waals surface area contributed by atoms with Crippen LogP contribution in [0.15, 0.2) is 24.0 Å². The van der Waals surface area contributed by atoms with E-state index in [4.69, 9.17) is 5.11 Å². The van der Waals surface area contributed by atoms with Crippen LogP contribution in [0.2, 0.25) is 0 Å². The number of aryl methyl sites for hydroxylation is 1. The zero-order chi connectivity index (χ0) is 13.1. The van der Waals surface area contributed by atoms with Gasteiger partial charge in [0, 0.05) is 6.20 Å². The molecule has 0 aromatic carbocycles. The standard InChI is InChI=1S/C11H9N3O3S/c1-6-9(18-5-13-6)10(15)14-8-2-7(11(16)17)3-12-4-8/h2-5H,1H3,(H,14,15)(H,16,17). The van der Waals surface area contributed by atoms with Crippen LogP contribution in [0.4, 0.5) is 5.69 Å². The molecule has 92 valence electrons. The molecule has 0 spiro atoms. The molecular weight excluding hydrogens is 254 g/mol. The maximum atomic E-state index is 11.9. The van der Waals surface area contributed by atoms with Gasteiger partial charge in [0.15, 0.2) is 0 Å². The van der Waals surface area contributed by atoms with E-state index < -0.39 is 5.97 Å². The van der Waals surface area contributed by atoms with Gasteiger partial charge in [-0.2, -0.15) is 0 Å². The molecule has 7 heteroatoms. The number of aromatic carboxylic acids is 1. The summed E-state index contributed by atoms with van der Waals surface area (Å²) in [6.07, 6.45) is 2.61. The van der Waals surface area contributed by atoms with Crippen molar-refractivity contribution in [2.75, 3.05) is 5.32 Å². The van der Waals surface area contributed by atoms with Gasteiger partial charge in [0.1, 0.15) is 4.88 Å². The normalized spacial score (nSPS) is 10.1. The lowest BCUT2D eigenvalue weighted by atomic mass is 10.2. The minimum Gasteiger partial charge on any atom is -0.478 e.